The number of benzene rings is 1. The number of nitrogens with one attached hydrogen (secondary N) is 1. The fraction of sp³-hybridized carbons (Fsp3) is 0.684. The van der Waals surface area contributed by atoms with Crippen molar-refractivity contribution in [1.29, 1.82) is 0 Å². The van der Waals surface area contributed by atoms with Crippen molar-refractivity contribution in [3.05, 3.63) is 29.8 Å². The van der Waals surface area contributed by atoms with Crippen LogP contribution in [0.5, 0.6) is 5.75 Å². The molecule has 1 fully saturated rings. The highest BCUT2D eigenvalue weighted by molar-refractivity contribution is 5.36. The van der Waals surface area contributed by atoms with Gasteiger partial charge in [0.2, 0.25) is 0 Å². The van der Waals surface area contributed by atoms with E-state index in [2.05, 4.69) is 50.4 Å². The van der Waals surface area contributed by atoms with E-state index in [1.807, 2.05) is 0 Å². The molecular formula is C19H31NO. The fourth-order valence-electron chi connectivity index (χ4n) is 3.56. The second-order valence-electron chi connectivity index (χ2n) is 6.17. The molecule has 0 amide bonds. The number of rotatable bonds is 7. The maximum Gasteiger partial charge on any atom is 0.124 e. The fourth-order valence-corrected chi connectivity index (χ4v) is 3.56. The quantitative estimate of drug-likeness (QED) is 0.754. The predicted molar refractivity (Wildman–Crippen MR) is 89.8 cm³/mol. The topological polar surface area (TPSA) is 21.3 Å². The van der Waals surface area contributed by atoms with Gasteiger partial charge in [-0.2, -0.15) is 0 Å². The molecule has 0 spiro atoms. The molecule has 2 nitrogen and oxygen atoms in total. The second kappa shape index (κ2) is 8.43. The van der Waals surface area contributed by atoms with Gasteiger partial charge in [-0.25, -0.2) is 0 Å². The third-order valence-corrected chi connectivity index (χ3v) is 4.80. The van der Waals surface area contributed by atoms with Crippen LogP contribution in [0.4, 0.5) is 0 Å². The minimum absolute atomic E-state index is 0.398. The lowest BCUT2D eigenvalue weighted by molar-refractivity contribution is 0.0887. The Hall–Kier alpha value is -1.02. The highest BCUT2D eigenvalue weighted by Gasteiger charge is 2.26. The van der Waals surface area contributed by atoms with Gasteiger partial charge in [0.15, 0.2) is 0 Å². The molecule has 0 radical (unpaired) electrons. The van der Waals surface area contributed by atoms with Crippen LogP contribution < -0.4 is 10.1 Å². The van der Waals surface area contributed by atoms with Gasteiger partial charge >= 0.3 is 0 Å². The van der Waals surface area contributed by atoms with Gasteiger partial charge in [-0.15, -0.1) is 0 Å². The van der Waals surface area contributed by atoms with Gasteiger partial charge in [-0.05, 0) is 50.6 Å². The predicted octanol–water partition coefficient (Wildman–Crippen LogP) is 5.09. The molecule has 3 unspecified atom stereocenters. The summed E-state index contributed by atoms with van der Waals surface area (Å²) in [5, 5.41) is 3.57. The van der Waals surface area contributed by atoms with Gasteiger partial charge in [-0.1, -0.05) is 45.4 Å². The van der Waals surface area contributed by atoms with Crippen LogP contribution in [0.15, 0.2) is 24.3 Å². The molecule has 1 saturated carbocycles. The number of ether oxygens (including phenoxy) is 1. The molecule has 21 heavy (non-hydrogen) atoms. The van der Waals surface area contributed by atoms with E-state index in [9.17, 15) is 0 Å². The molecule has 1 aromatic rings. The molecule has 2 rings (SSSR count). The Kier molecular flexibility index (Phi) is 6.56. The van der Waals surface area contributed by atoms with Crippen LogP contribution in [-0.4, -0.2) is 12.6 Å². The van der Waals surface area contributed by atoms with Crippen LogP contribution in [0.25, 0.3) is 0 Å². The van der Waals surface area contributed by atoms with Gasteiger partial charge < -0.3 is 10.1 Å². The van der Waals surface area contributed by atoms with Crippen LogP contribution >= 0.6 is 0 Å². The minimum Gasteiger partial charge on any atom is -0.490 e. The third kappa shape index (κ3) is 4.23. The molecular weight excluding hydrogens is 258 g/mol. The average Bonchev–Trinajstić information content (AvgIpc) is 2.54. The van der Waals surface area contributed by atoms with E-state index in [0.29, 0.717) is 12.1 Å². The first-order valence-corrected chi connectivity index (χ1v) is 8.79. The molecule has 1 aliphatic rings. The molecule has 2 heteroatoms. The van der Waals surface area contributed by atoms with Gasteiger partial charge in [0.25, 0.3) is 0 Å². The van der Waals surface area contributed by atoms with Gasteiger partial charge in [-0.3, -0.25) is 0 Å². The van der Waals surface area contributed by atoms with E-state index in [0.717, 1.165) is 24.6 Å². The molecule has 1 aliphatic carbocycles. The molecule has 1 aromatic carbocycles. The summed E-state index contributed by atoms with van der Waals surface area (Å²) in [4.78, 5) is 0. The summed E-state index contributed by atoms with van der Waals surface area (Å²) in [5.41, 5.74) is 1.32. The summed E-state index contributed by atoms with van der Waals surface area (Å²) < 4.78 is 6.48. The van der Waals surface area contributed by atoms with Crippen molar-refractivity contribution >= 4 is 0 Å². The molecule has 1 N–H and O–H groups in total. The van der Waals surface area contributed by atoms with Crippen molar-refractivity contribution in [1.82, 2.24) is 5.32 Å². The SMILES string of the molecule is CCNC(CC)c1ccccc1OC1CCCCC1CC. The van der Waals surface area contributed by atoms with Crippen LogP contribution in [0, 0.1) is 5.92 Å². The summed E-state index contributed by atoms with van der Waals surface area (Å²) in [6, 6.07) is 8.99. The van der Waals surface area contributed by atoms with Crippen molar-refractivity contribution in [2.24, 2.45) is 5.92 Å². The molecule has 3 atom stereocenters. The summed E-state index contributed by atoms with van der Waals surface area (Å²) in [6.07, 6.45) is 7.96. The lowest BCUT2D eigenvalue weighted by atomic mass is 9.84. The molecule has 0 saturated heterocycles. The van der Waals surface area contributed by atoms with Crippen LogP contribution in [0.1, 0.15) is 70.9 Å². The van der Waals surface area contributed by atoms with Crippen molar-refractivity contribution in [2.45, 2.75) is 71.4 Å². The van der Waals surface area contributed by atoms with E-state index < -0.39 is 0 Å². The number of para-hydroxylation sites is 1. The van der Waals surface area contributed by atoms with Crippen LogP contribution in [-0.2, 0) is 0 Å². The Morgan fingerprint density at radius 2 is 1.90 bits per heavy atom. The molecule has 0 aliphatic heterocycles. The monoisotopic (exact) mass is 289 g/mol. The Bertz CT molecular complexity index is 418. The molecule has 118 valence electrons. The Labute approximate surface area is 130 Å². The maximum absolute atomic E-state index is 6.48. The van der Waals surface area contributed by atoms with Crippen molar-refractivity contribution in [3.63, 3.8) is 0 Å². The lowest BCUT2D eigenvalue weighted by Gasteiger charge is -2.32. The Balaban J connectivity index is 2.15. The summed E-state index contributed by atoms with van der Waals surface area (Å²) >= 11 is 0. The first-order valence-electron chi connectivity index (χ1n) is 8.79. The van der Waals surface area contributed by atoms with Crippen LogP contribution in [0.3, 0.4) is 0 Å². The largest absolute Gasteiger partial charge is 0.490 e. The third-order valence-electron chi connectivity index (χ3n) is 4.80. The standard InChI is InChI=1S/C19H31NO/c1-4-15-11-7-9-13-18(15)21-19-14-10-8-12-16(19)17(5-2)20-6-3/h8,10,12,14-15,17-18,20H,4-7,9,11,13H2,1-3H3. The number of hydrogen-bond donors (Lipinski definition) is 1. The van der Waals surface area contributed by atoms with Crippen molar-refractivity contribution in [2.75, 3.05) is 6.54 Å². The van der Waals surface area contributed by atoms with E-state index in [1.165, 1.54) is 37.7 Å². The zero-order valence-corrected chi connectivity index (χ0v) is 13.9. The van der Waals surface area contributed by atoms with E-state index in [1.54, 1.807) is 0 Å². The Morgan fingerprint density at radius 3 is 2.62 bits per heavy atom. The van der Waals surface area contributed by atoms with Gasteiger partial charge in [0.1, 0.15) is 11.9 Å². The summed E-state index contributed by atoms with van der Waals surface area (Å²) in [5.74, 6) is 1.82. The Morgan fingerprint density at radius 1 is 1.14 bits per heavy atom. The lowest BCUT2D eigenvalue weighted by Crippen LogP contribution is -2.31. The average molecular weight is 289 g/mol. The van der Waals surface area contributed by atoms with E-state index >= 15 is 0 Å². The summed E-state index contributed by atoms with van der Waals surface area (Å²) in [6.45, 7) is 7.69. The number of hydrogen-bond acceptors (Lipinski definition) is 2. The van der Waals surface area contributed by atoms with Gasteiger partial charge in [0.05, 0.1) is 0 Å². The first-order chi connectivity index (χ1) is 10.3. The highest BCUT2D eigenvalue weighted by atomic mass is 16.5. The van der Waals surface area contributed by atoms with Crippen molar-refractivity contribution < 1.29 is 4.74 Å². The normalized spacial score (nSPS) is 23.8. The van der Waals surface area contributed by atoms with Crippen molar-refractivity contribution in [3.8, 4) is 5.75 Å². The van der Waals surface area contributed by atoms with E-state index in [-0.39, 0.29) is 0 Å². The zero-order chi connectivity index (χ0) is 15.1. The molecule has 0 aromatic heterocycles. The summed E-state index contributed by atoms with van der Waals surface area (Å²) in [7, 11) is 0. The maximum atomic E-state index is 6.48. The minimum atomic E-state index is 0.398. The first kappa shape index (κ1) is 16.4. The molecule has 0 bridgehead atoms. The zero-order valence-electron chi connectivity index (χ0n) is 13.9. The van der Waals surface area contributed by atoms with Gasteiger partial charge in [0, 0.05) is 11.6 Å². The highest BCUT2D eigenvalue weighted by Crippen LogP contribution is 2.34. The second-order valence-corrected chi connectivity index (χ2v) is 6.17. The smallest absolute Gasteiger partial charge is 0.124 e. The van der Waals surface area contributed by atoms with E-state index in [4.69, 9.17) is 4.74 Å². The molecule has 0 heterocycles. The van der Waals surface area contributed by atoms with Crippen LogP contribution in [0.2, 0.25) is 0 Å².